The quantitative estimate of drug-likeness (QED) is 0.506. The van der Waals surface area contributed by atoms with Gasteiger partial charge in [-0.3, -0.25) is 0 Å². The third-order valence-electron chi connectivity index (χ3n) is 4.29. The van der Waals surface area contributed by atoms with Crippen molar-refractivity contribution in [2.45, 2.75) is 100 Å². The van der Waals surface area contributed by atoms with Crippen molar-refractivity contribution < 1.29 is 15.3 Å². The number of pyridine rings is 1. The minimum atomic E-state index is -1.50. The van der Waals surface area contributed by atoms with E-state index in [1.807, 2.05) is 61.7 Å². The molecule has 0 bridgehead atoms. The summed E-state index contributed by atoms with van der Waals surface area (Å²) >= 11 is 6.35. The van der Waals surface area contributed by atoms with E-state index in [4.69, 9.17) is 21.8 Å². The smallest absolute Gasteiger partial charge is 0.161 e. The molecule has 1 aliphatic rings. The van der Waals surface area contributed by atoms with Gasteiger partial charge in [0.2, 0.25) is 0 Å². The van der Waals surface area contributed by atoms with Gasteiger partial charge in [0.05, 0.1) is 11.3 Å². The monoisotopic (exact) mass is 445 g/mol. The van der Waals surface area contributed by atoms with E-state index in [1.165, 1.54) is 13.8 Å². The molecule has 0 saturated heterocycles. The molecule has 0 radical (unpaired) electrons. The molecular formula is C23H44ClN3O3. The van der Waals surface area contributed by atoms with Crippen LogP contribution >= 0.6 is 11.6 Å². The number of fused-ring (bicyclic) bond motifs is 1. The molecule has 2 aromatic rings. The largest absolute Gasteiger partial charge is 0.396 e. The lowest BCUT2D eigenvalue weighted by atomic mass is 10.1. The molecule has 3 N–H and O–H groups in total. The van der Waals surface area contributed by atoms with Crippen LogP contribution in [0.15, 0.2) is 6.33 Å². The molecule has 1 aliphatic carbocycles. The lowest BCUT2D eigenvalue weighted by Gasteiger charge is -2.13. The second-order valence-corrected chi connectivity index (χ2v) is 7.35. The highest BCUT2D eigenvalue weighted by Crippen LogP contribution is 2.37. The van der Waals surface area contributed by atoms with Gasteiger partial charge < -0.3 is 19.9 Å². The lowest BCUT2D eigenvalue weighted by Crippen LogP contribution is -2.15. The van der Waals surface area contributed by atoms with Crippen molar-refractivity contribution in [3.8, 4) is 0 Å². The highest BCUT2D eigenvalue weighted by molar-refractivity contribution is 6.35. The normalized spacial score (nSPS) is 17.4. The lowest BCUT2D eigenvalue weighted by molar-refractivity contribution is -0.127. The minimum absolute atomic E-state index is 0.273. The van der Waals surface area contributed by atoms with Crippen LogP contribution in [0.3, 0.4) is 0 Å². The Morgan fingerprint density at radius 1 is 1.07 bits per heavy atom. The molecule has 2 atom stereocenters. The summed E-state index contributed by atoms with van der Waals surface area (Å²) in [5, 5.41) is 26.1. The number of rotatable bonds is 2. The maximum atomic E-state index is 9.26. The van der Waals surface area contributed by atoms with Gasteiger partial charge in [-0.15, -0.1) is 0 Å². The second-order valence-electron chi connectivity index (χ2n) is 6.97. The van der Waals surface area contributed by atoms with E-state index in [0.717, 1.165) is 41.7 Å². The molecule has 2 aromatic heterocycles. The molecule has 1 fully saturated rings. The van der Waals surface area contributed by atoms with Crippen LogP contribution in [-0.4, -0.2) is 42.2 Å². The van der Waals surface area contributed by atoms with E-state index in [2.05, 4.69) is 14.5 Å². The van der Waals surface area contributed by atoms with E-state index in [0.29, 0.717) is 17.0 Å². The molecular weight excluding hydrogens is 402 g/mol. The summed E-state index contributed by atoms with van der Waals surface area (Å²) in [5.74, 6) is -1.09. The van der Waals surface area contributed by atoms with E-state index in [-0.39, 0.29) is 6.61 Å². The van der Waals surface area contributed by atoms with Gasteiger partial charge in [-0.25, -0.2) is 9.97 Å². The molecule has 0 amide bonds. The Morgan fingerprint density at radius 3 is 2.00 bits per heavy atom. The highest BCUT2D eigenvalue weighted by Gasteiger charge is 2.27. The van der Waals surface area contributed by atoms with E-state index < -0.39 is 5.79 Å². The van der Waals surface area contributed by atoms with Gasteiger partial charge in [0.15, 0.2) is 11.4 Å². The van der Waals surface area contributed by atoms with E-state index in [9.17, 15) is 5.11 Å². The molecule has 7 heteroatoms. The van der Waals surface area contributed by atoms with E-state index >= 15 is 0 Å². The standard InChI is InChI=1S/C14H18ClN3O.C3H8O2.3C2H6/c1-8-9(2)17-14-13(12(8)15)16-7-18(14)11-4-3-10(5-11)6-19;1-3(2,4)5;3*1-2/h7,10-11,19H,3-6H2,1-2H3;4-5H,1-2H3;3*1-2H3. The van der Waals surface area contributed by atoms with Crippen LogP contribution in [0.5, 0.6) is 0 Å². The zero-order chi connectivity index (χ0) is 24.1. The van der Waals surface area contributed by atoms with Crippen molar-refractivity contribution in [2.75, 3.05) is 6.61 Å². The summed E-state index contributed by atoms with van der Waals surface area (Å²) in [4.78, 5) is 9.07. The van der Waals surface area contributed by atoms with Crippen molar-refractivity contribution in [3.63, 3.8) is 0 Å². The molecule has 0 aromatic carbocycles. The summed E-state index contributed by atoms with van der Waals surface area (Å²) in [5.41, 5.74) is 3.61. The van der Waals surface area contributed by atoms with Crippen molar-refractivity contribution in [3.05, 3.63) is 22.6 Å². The number of aliphatic hydroxyl groups is 3. The Balaban J connectivity index is 0. The first-order valence-corrected chi connectivity index (χ1v) is 11.5. The Bertz CT molecular complexity index is 706. The molecule has 1 saturated carbocycles. The number of hydrogen-bond donors (Lipinski definition) is 3. The SMILES string of the molecule is CC.CC.CC.CC(C)(O)O.Cc1nc2c(ncn2C2CCC(CO)C2)c(Cl)c1C. The van der Waals surface area contributed by atoms with Crippen molar-refractivity contribution in [1.29, 1.82) is 0 Å². The molecule has 2 heterocycles. The van der Waals surface area contributed by atoms with Gasteiger partial charge in [-0.05, 0) is 58.4 Å². The van der Waals surface area contributed by atoms with Crippen LogP contribution in [-0.2, 0) is 0 Å². The number of aliphatic hydroxyl groups excluding tert-OH is 1. The minimum Gasteiger partial charge on any atom is -0.396 e. The predicted octanol–water partition coefficient (Wildman–Crippen LogP) is 5.82. The Morgan fingerprint density at radius 2 is 1.57 bits per heavy atom. The molecule has 0 aliphatic heterocycles. The van der Waals surface area contributed by atoms with Crippen LogP contribution in [0.1, 0.15) is 92.0 Å². The van der Waals surface area contributed by atoms with Gasteiger partial charge >= 0.3 is 0 Å². The van der Waals surface area contributed by atoms with Crippen LogP contribution in [0.4, 0.5) is 0 Å². The Hall–Kier alpha value is -1.21. The molecule has 2 unspecified atom stereocenters. The number of aryl methyl sites for hydroxylation is 1. The number of aromatic nitrogens is 3. The topological polar surface area (TPSA) is 91.4 Å². The van der Waals surface area contributed by atoms with Gasteiger partial charge in [0.25, 0.3) is 0 Å². The fraction of sp³-hybridized carbons (Fsp3) is 0.739. The molecule has 176 valence electrons. The van der Waals surface area contributed by atoms with Crippen molar-refractivity contribution >= 4 is 22.8 Å². The highest BCUT2D eigenvalue weighted by atomic mass is 35.5. The summed E-state index contributed by atoms with van der Waals surface area (Å²) in [6, 6.07) is 0.382. The number of nitrogens with zero attached hydrogens (tertiary/aromatic N) is 3. The second kappa shape index (κ2) is 15.6. The Kier molecular flexibility index (Phi) is 16.1. The predicted molar refractivity (Wildman–Crippen MR) is 128 cm³/mol. The van der Waals surface area contributed by atoms with Gasteiger partial charge in [-0.1, -0.05) is 53.1 Å². The van der Waals surface area contributed by atoms with E-state index in [1.54, 1.807) is 0 Å². The van der Waals surface area contributed by atoms with Gasteiger partial charge in [0.1, 0.15) is 5.52 Å². The number of imidazole rings is 1. The van der Waals surface area contributed by atoms with Crippen molar-refractivity contribution in [2.24, 2.45) is 5.92 Å². The average molecular weight is 446 g/mol. The Labute approximate surface area is 188 Å². The molecule has 3 rings (SSSR count). The molecule has 30 heavy (non-hydrogen) atoms. The molecule has 6 nitrogen and oxygen atoms in total. The maximum Gasteiger partial charge on any atom is 0.161 e. The van der Waals surface area contributed by atoms with Crippen LogP contribution in [0.2, 0.25) is 5.02 Å². The van der Waals surface area contributed by atoms with Gasteiger partial charge in [-0.2, -0.15) is 0 Å². The first-order valence-electron chi connectivity index (χ1n) is 11.2. The van der Waals surface area contributed by atoms with Crippen LogP contribution in [0, 0.1) is 19.8 Å². The fourth-order valence-electron chi connectivity index (χ4n) is 2.93. The maximum absolute atomic E-state index is 9.26. The first kappa shape index (κ1) is 31.0. The third kappa shape index (κ3) is 9.73. The third-order valence-corrected chi connectivity index (χ3v) is 4.75. The summed E-state index contributed by atoms with van der Waals surface area (Å²) < 4.78 is 2.13. The summed E-state index contributed by atoms with van der Waals surface area (Å²) in [6.07, 6.45) is 4.98. The first-order chi connectivity index (χ1) is 14.1. The van der Waals surface area contributed by atoms with Crippen LogP contribution in [0.25, 0.3) is 11.2 Å². The van der Waals surface area contributed by atoms with Gasteiger partial charge in [0, 0.05) is 18.3 Å². The zero-order valence-corrected chi connectivity index (χ0v) is 21.4. The zero-order valence-electron chi connectivity index (χ0n) is 20.6. The number of halogens is 1. The number of hydrogen-bond acceptors (Lipinski definition) is 5. The average Bonchev–Trinajstić information content (AvgIpc) is 3.36. The van der Waals surface area contributed by atoms with Crippen LogP contribution < -0.4 is 0 Å². The summed E-state index contributed by atoms with van der Waals surface area (Å²) in [7, 11) is 0. The summed E-state index contributed by atoms with van der Waals surface area (Å²) in [6.45, 7) is 18.8. The fourth-order valence-corrected chi connectivity index (χ4v) is 3.20. The molecule has 0 spiro atoms. The van der Waals surface area contributed by atoms with Crippen molar-refractivity contribution in [1.82, 2.24) is 14.5 Å².